The fourth-order valence-corrected chi connectivity index (χ4v) is 1.97. The smallest absolute Gasteiger partial charge is 0.228 e. The van der Waals surface area contributed by atoms with Crippen LogP contribution in [0.25, 0.3) is 0 Å². The van der Waals surface area contributed by atoms with Crippen LogP contribution in [-0.4, -0.2) is 30.1 Å². The first kappa shape index (κ1) is 13.1. The zero-order valence-corrected chi connectivity index (χ0v) is 11.4. The van der Waals surface area contributed by atoms with Crippen molar-refractivity contribution in [2.45, 2.75) is 12.8 Å². The Morgan fingerprint density at radius 3 is 2.61 bits per heavy atom. The molecule has 0 N–H and O–H groups in total. The minimum absolute atomic E-state index is 0.262. The van der Waals surface area contributed by atoms with E-state index in [-0.39, 0.29) is 12.2 Å². The molecule has 5 heteroatoms. The molecular weight excluding hydrogens is 300 g/mol. The summed E-state index contributed by atoms with van der Waals surface area (Å²) >= 11 is 3.23. The average molecular weight is 313 g/mol. The largest absolute Gasteiger partial charge is 0.486 e. The van der Waals surface area contributed by atoms with Gasteiger partial charge in [0.25, 0.3) is 0 Å². The lowest BCUT2D eigenvalue weighted by Crippen LogP contribution is -2.17. The van der Waals surface area contributed by atoms with Crippen LogP contribution in [0.4, 0.5) is 0 Å². The Hall–Kier alpha value is -1.36. The second-order valence-corrected chi connectivity index (χ2v) is 4.70. The van der Waals surface area contributed by atoms with Gasteiger partial charge in [0.1, 0.15) is 13.2 Å². The van der Waals surface area contributed by atoms with Crippen molar-refractivity contribution >= 4 is 27.5 Å². The Bertz CT molecular complexity index is 470. The number of alkyl halides is 1. The Kier molecular flexibility index (Phi) is 4.36. The zero-order chi connectivity index (χ0) is 13.0. The van der Waals surface area contributed by atoms with Crippen molar-refractivity contribution in [1.29, 1.82) is 0 Å². The fourth-order valence-electron chi connectivity index (χ4n) is 1.69. The molecule has 0 aliphatic carbocycles. The molecule has 0 unspecified atom stereocenters. The first-order chi connectivity index (χ1) is 8.72. The SMILES string of the molecule is O=C(CCCBr)C(=O)c1ccc2c(c1)OCCO2. The van der Waals surface area contributed by atoms with Crippen LogP contribution in [0.15, 0.2) is 18.2 Å². The van der Waals surface area contributed by atoms with E-state index >= 15 is 0 Å². The van der Waals surface area contributed by atoms with E-state index in [4.69, 9.17) is 9.47 Å². The van der Waals surface area contributed by atoms with Crippen LogP contribution in [-0.2, 0) is 4.79 Å². The number of ketones is 2. The molecule has 1 aliphatic heterocycles. The molecule has 1 aromatic carbocycles. The fraction of sp³-hybridized carbons (Fsp3) is 0.385. The van der Waals surface area contributed by atoms with Gasteiger partial charge < -0.3 is 9.47 Å². The number of ether oxygens (including phenoxy) is 2. The summed E-state index contributed by atoms with van der Waals surface area (Å²) in [6.07, 6.45) is 0.924. The van der Waals surface area contributed by atoms with Crippen LogP contribution >= 0.6 is 15.9 Å². The highest BCUT2D eigenvalue weighted by atomic mass is 79.9. The third-order valence-electron chi connectivity index (χ3n) is 2.60. The number of hydrogen-bond donors (Lipinski definition) is 0. The van der Waals surface area contributed by atoms with Crippen molar-refractivity contribution in [1.82, 2.24) is 0 Å². The van der Waals surface area contributed by atoms with Crippen molar-refractivity contribution in [3.8, 4) is 11.5 Å². The van der Waals surface area contributed by atoms with Crippen molar-refractivity contribution in [3.05, 3.63) is 23.8 Å². The van der Waals surface area contributed by atoms with Crippen LogP contribution in [0.5, 0.6) is 11.5 Å². The second-order valence-electron chi connectivity index (χ2n) is 3.90. The van der Waals surface area contributed by atoms with E-state index in [1.165, 1.54) is 0 Å². The predicted molar refractivity (Wildman–Crippen MR) is 69.8 cm³/mol. The first-order valence-electron chi connectivity index (χ1n) is 5.75. The molecule has 0 saturated carbocycles. The summed E-state index contributed by atoms with van der Waals surface area (Å²) in [6.45, 7) is 0.965. The maximum atomic E-state index is 11.9. The number of fused-ring (bicyclic) bond motifs is 1. The van der Waals surface area contributed by atoms with Crippen LogP contribution in [0, 0.1) is 0 Å². The molecule has 0 aromatic heterocycles. The lowest BCUT2D eigenvalue weighted by Gasteiger charge is -2.18. The van der Waals surface area contributed by atoms with Gasteiger partial charge in [0, 0.05) is 17.3 Å². The summed E-state index contributed by atoms with van der Waals surface area (Å²) in [5, 5.41) is 0.715. The van der Waals surface area contributed by atoms with E-state index in [1.54, 1.807) is 18.2 Å². The normalized spacial score (nSPS) is 13.2. The minimum atomic E-state index is -0.465. The molecule has 1 aliphatic rings. The van der Waals surface area contributed by atoms with Crippen molar-refractivity contribution in [2.75, 3.05) is 18.5 Å². The molecule has 0 saturated heterocycles. The van der Waals surface area contributed by atoms with Crippen molar-refractivity contribution in [2.24, 2.45) is 0 Å². The molecule has 18 heavy (non-hydrogen) atoms. The van der Waals surface area contributed by atoms with Gasteiger partial charge in [-0.3, -0.25) is 9.59 Å². The third kappa shape index (κ3) is 2.90. The summed E-state index contributed by atoms with van der Waals surface area (Å²) in [6, 6.07) is 4.84. The summed E-state index contributed by atoms with van der Waals surface area (Å²) in [5.74, 6) is 0.310. The zero-order valence-electron chi connectivity index (χ0n) is 9.78. The first-order valence-corrected chi connectivity index (χ1v) is 6.87. The van der Waals surface area contributed by atoms with Gasteiger partial charge >= 0.3 is 0 Å². The van der Waals surface area contributed by atoms with Crippen LogP contribution in [0.1, 0.15) is 23.2 Å². The minimum Gasteiger partial charge on any atom is -0.486 e. The molecule has 1 heterocycles. The lowest BCUT2D eigenvalue weighted by atomic mass is 10.0. The lowest BCUT2D eigenvalue weighted by molar-refractivity contribution is -0.115. The molecule has 0 fully saturated rings. The van der Waals surface area contributed by atoms with E-state index < -0.39 is 5.78 Å². The van der Waals surface area contributed by atoms with Gasteiger partial charge in [-0.2, -0.15) is 0 Å². The van der Waals surface area contributed by atoms with Crippen LogP contribution < -0.4 is 9.47 Å². The maximum Gasteiger partial charge on any atom is 0.228 e. The maximum absolute atomic E-state index is 11.9. The number of benzene rings is 1. The second kappa shape index (κ2) is 6.00. The Balaban J connectivity index is 2.13. The highest BCUT2D eigenvalue weighted by Crippen LogP contribution is 2.30. The number of hydrogen-bond acceptors (Lipinski definition) is 4. The number of carbonyl (C=O) groups is 2. The summed E-state index contributed by atoms with van der Waals surface area (Å²) in [5.41, 5.74) is 0.360. The number of carbonyl (C=O) groups excluding carboxylic acids is 2. The quantitative estimate of drug-likeness (QED) is 0.476. The Labute approximate surface area is 113 Å². The molecule has 2 rings (SSSR count). The van der Waals surface area contributed by atoms with Crippen molar-refractivity contribution in [3.63, 3.8) is 0 Å². The van der Waals surface area contributed by atoms with E-state index in [2.05, 4.69) is 15.9 Å². The summed E-state index contributed by atoms with van der Waals surface area (Å²) < 4.78 is 10.7. The summed E-state index contributed by atoms with van der Waals surface area (Å²) in [7, 11) is 0. The van der Waals surface area contributed by atoms with E-state index in [0.29, 0.717) is 42.0 Å². The van der Waals surface area contributed by atoms with Gasteiger partial charge in [0.05, 0.1) is 0 Å². The third-order valence-corrected chi connectivity index (χ3v) is 3.16. The van der Waals surface area contributed by atoms with E-state index in [1.807, 2.05) is 0 Å². The van der Waals surface area contributed by atoms with Gasteiger partial charge in [0.15, 0.2) is 11.5 Å². The highest BCUT2D eigenvalue weighted by molar-refractivity contribution is 9.09. The van der Waals surface area contributed by atoms with Gasteiger partial charge in [-0.25, -0.2) is 0 Å². The van der Waals surface area contributed by atoms with Crippen LogP contribution in [0.3, 0.4) is 0 Å². The van der Waals surface area contributed by atoms with E-state index in [0.717, 1.165) is 0 Å². The van der Waals surface area contributed by atoms with Crippen LogP contribution in [0.2, 0.25) is 0 Å². The molecule has 4 nitrogen and oxygen atoms in total. The Morgan fingerprint density at radius 2 is 1.89 bits per heavy atom. The molecule has 0 bridgehead atoms. The highest BCUT2D eigenvalue weighted by Gasteiger charge is 2.19. The van der Waals surface area contributed by atoms with E-state index in [9.17, 15) is 9.59 Å². The topological polar surface area (TPSA) is 52.6 Å². The molecule has 0 spiro atoms. The molecule has 1 aromatic rings. The van der Waals surface area contributed by atoms with Gasteiger partial charge in [0.2, 0.25) is 11.6 Å². The number of Topliss-reactive ketones (excluding diaryl/α,β-unsaturated/α-hetero) is 2. The van der Waals surface area contributed by atoms with Crippen molar-refractivity contribution < 1.29 is 19.1 Å². The molecule has 96 valence electrons. The van der Waals surface area contributed by atoms with Gasteiger partial charge in [-0.05, 0) is 24.6 Å². The number of rotatable bonds is 5. The summed E-state index contributed by atoms with van der Waals surface area (Å²) in [4.78, 5) is 23.5. The Morgan fingerprint density at radius 1 is 1.17 bits per heavy atom. The molecule has 0 radical (unpaired) electrons. The van der Waals surface area contributed by atoms with Gasteiger partial charge in [-0.1, -0.05) is 15.9 Å². The number of halogens is 1. The monoisotopic (exact) mass is 312 g/mol. The van der Waals surface area contributed by atoms with Gasteiger partial charge in [-0.15, -0.1) is 0 Å². The molecule has 0 atom stereocenters. The molecule has 0 amide bonds. The predicted octanol–water partition coefficient (Wildman–Crippen LogP) is 2.38. The molecular formula is C13H13BrO4. The average Bonchev–Trinajstić information content (AvgIpc) is 2.43. The standard InChI is InChI=1S/C13H13BrO4/c14-5-1-2-10(15)13(16)9-3-4-11-12(8-9)18-7-6-17-11/h3-4,8H,1-2,5-7H2.